The first-order valence-corrected chi connectivity index (χ1v) is 13.1. The van der Waals surface area contributed by atoms with Crippen LogP contribution in [0.15, 0.2) is 29.2 Å². The molecule has 6 nitrogen and oxygen atoms in total. The molecule has 0 bridgehead atoms. The lowest BCUT2D eigenvalue weighted by Crippen LogP contribution is -2.40. The molecule has 1 aromatic heterocycles. The first kappa shape index (κ1) is 23.8. The highest BCUT2D eigenvalue weighted by atomic mass is 32.2. The van der Waals surface area contributed by atoms with Crippen LogP contribution in [0.5, 0.6) is 5.75 Å². The largest absolute Gasteiger partial charge is 0.491 e. The molecule has 1 aliphatic heterocycles. The van der Waals surface area contributed by atoms with Gasteiger partial charge >= 0.3 is 0 Å². The standard InChI is InChI=1S/C24H37N3O3S/c1-6-7-8-21-10-13-23(14-11-21)30-18(3)15-22-12-9-17(2)27(22)16-31(28,29)24-19(4)25-26-20(24)5/h10-11,13-14,17-18,22H,6-9,12,15-16H2,1-5H3,(H,25,26)/t17-,18+,22-/m0/s1. The van der Waals surface area contributed by atoms with Gasteiger partial charge in [0.15, 0.2) is 9.84 Å². The third-order valence-corrected chi connectivity index (χ3v) is 8.19. The van der Waals surface area contributed by atoms with Crippen molar-refractivity contribution in [3.05, 3.63) is 41.2 Å². The normalized spacial score (nSPS) is 20.8. The van der Waals surface area contributed by atoms with Crippen molar-refractivity contribution in [3.8, 4) is 5.75 Å². The topological polar surface area (TPSA) is 75.3 Å². The van der Waals surface area contributed by atoms with E-state index in [4.69, 9.17) is 4.74 Å². The van der Waals surface area contributed by atoms with Crippen molar-refractivity contribution >= 4 is 9.84 Å². The highest BCUT2D eigenvalue weighted by molar-refractivity contribution is 7.91. The zero-order valence-corrected chi connectivity index (χ0v) is 20.3. The molecule has 1 aromatic carbocycles. The van der Waals surface area contributed by atoms with Crippen molar-refractivity contribution in [2.24, 2.45) is 0 Å². The Labute approximate surface area is 187 Å². The fourth-order valence-corrected chi connectivity index (χ4v) is 6.64. The first-order valence-electron chi connectivity index (χ1n) is 11.5. The Morgan fingerprint density at radius 2 is 1.94 bits per heavy atom. The number of H-pyrrole nitrogens is 1. The smallest absolute Gasteiger partial charge is 0.195 e. The van der Waals surface area contributed by atoms with Crippen molar-refractivity contribution in [2.75, 3.05) is 5.88 Å². The van der Waals surface area contributed by atoms with Crippen molar-refractivity contribution in [1.82, 2.24) is 15.1 Å². The van der Waals surface area contributed by atoms with Gasteiger partial charge in [-0.15, -0.1) is 0 Å². The third-order valence-electron chi connectivity index (χ3n) is 6.33. The summed E-state index contributed by atoms with van der Waals surface area (Å²) in [4.78, 5) is 2.48. The summed E-state index contributed by atoms with van der Waals surface area (Å²) in [6.45, 7) is 9.90. The molecular formula is C24H37N3O3S. The summed E-state index contributed by atoms with van der Waals surface area (Å²) >= 11 is 0. The SMILES string of the molecule is CCCCc1ccc(O[C@H](C)C[C@@H]2CC[C@H](C)N2CS(=O)(=O)c2c(C)n[nH]c2C)cc1. The second kappa shape index (κ2) is 10.2. The number of aromatic amines is 1. The van der Waals surface area contributed by atoms with Gasteiger partial charge in [-0.3, -0.25) is 10.00 Å². The number of aromatic nitrogens is 2. The summed E-state index contributed by atoms with van der Waals surface area (Å²) in [5.74, 6) is 0.904. The Kier molecular flexibility index (Phi) is 7.81. The van der Waals surface area contributed by atoms with E-state index >= 15 is 0 Å². The Morgan fingerprint density at radius 3 is 2.55 bits per heavy atom. The number of aryl methyl sites for hydroxylation is 3. The molecule has 172 valence electrons. The molecule has 1 saturated heterocycles. The van der Waals surface area contributed by atoms with Gasteiger partial charge in [0.25, 0.3) is 0 Å². The van der Waals surface area contributed by atoms with E-state index in [-0.39, 0.29) is 24.1 Å². The summed E-state index contributed by atoms with van der Waals surface area (Å²) in [5.41, 5.74) is 2.49. The molecule has 31 heavy (non-hydrogen) atoms. The lowest BCUT2D eigenvalue weighted by molar-refractivity contribution is 0.147. The number of ether oxygens (including phenoxy) is 1. The third kappa shape index (κ3) is 5.89. The van der Waals surface area contributed by atoms with Crippen molar-refractivity contribution < 1.29 is 13.2 Å². The van der Waals surface area contributed by atoms with Crippen LogP contribution in [0.2, 0.25) is 0 Å². The number of hydrogen-bond acceptors (Lipinski definition) is 5. The predicted octanol–water partition coefficient (Wildman–Crippen LogP) is 4.81. The van der Waals surface area contributed by atoms with Crippen LogP contribution in [0.25, 0.3) is 0 Å². The van der Waals surface area contributed by atoms with Crippen LogP contribution in [0.4, 0.5) is 0 Å². The monoisotopic (exact) mass is 447 g/mol. The number of sulfone groups is 1. The maximum absolute atomic E-state index is 13.1. The minimum Gasteiger partial charge on any atom is -0.491 e. The van der Waals surface area contributed by atoms with Crippen molar-refractivity contribution in [2.45, 2.75) is 96.2 Å². The number of benzene rings is 1. The molecule has 0 radical (unpaired) electrons. The lowest BCUT2D eigenvalue weighted by atomic mass is 10.1. The Balaban J connectivity index is 1.62. The predicted molar refractivity (Wildman–Crippen MR) is 124 cm³/mol. The zero-order chi connectivity index (χ0) is 22.6. The van der Waals surface area contributed by atoms with E-state index in [1.54, 1.807) is 13.8 Å². The number of nitrogens with one attached hydrogen (secondary N) is 1. The molecule has 7 heteroatoms. The van der Waals surface area contributed by atoms with Crippen molar-refractivity contribution in [3.63, 3.8) is 0 Å². The van der Waals surface area contributed by atoms with E-state index in [0.29, 0.717) is 16.3 Å². The summed E-state index contributed by atoms with van der Waals surface area (Å²) in [6.07, 6.45) is 6.31. The zero-order valence-electron chi connectivity index (χ0n) is 19.5. The van der Waals surface area contributed by atoms with Crippen LogP contribution < -0.4 is 4.74 Å². The molecule has 1 aliphatic rings. The van der Waals surface area contributed by atoms with Crippen LogP contribution >= 0.6 is 0 Å². The summed E-state index contributed by atoms with van der Waals surface area (Å²) in [5, 5.41) is 6.87. The molecule has 3 atom stereocenters. The minimum absolute atomic E-state index is 0.0133. The molecule has 0 saturated carbocycles. The number of likely N-dealkylation sites (tertiary alicyclic amines) is 1. The van der Waals surface area contributed by atoms with Gasteiger partial charge in [-0.05, 0) is 77.5 Å². The van der Waals surface area contributed by atoms with Gasteiger partial charge in [0.05, 0.1) is 17.5 Å². The lowest BCUT2D eigenvalue weighted by Gasteiger charge is -2.30. The highest BCUT2D eigenvalue weighted by Gasteiger charge is 2.36. The number of rotatable bonds is 10. The average Bonchev–Trinajstić information content (AvgIpc) is 3.23. The summed E-state index contributed by atoms with van der Waals surface area (Å²) < 4.78 is 32.4. The fraction of sp³-hybridized carbons (Fsp3) is 0.625. The highest BCUT2D eigenvalue weighted by Crippen LogP contribution is 2.31. The molecule has 0 unspecified atom stereocenters. The fourth-order valence-electron chi connectivity index (χ4n) is 4.65. The molecule has 0 amide bonds. The van der Waals surface area contributed by atoms with Crippen LogP contribution in [0, 0.1) is 13.8 Å². The van der Waals surface area contributed by atoms with Gasteiger partial charge in [-0.25, -0.2) is 8.42 Å². The summed E-state index contributed by atoms with van der Waals surface area (Å²) in [6, 6.07) is 8.80. The number of unbranched alkanes of at least 4 members (excludes halogenated alkanes) is 1. The van der Waals surface area contributed by atoms with Gasteiger partial charge in [-0.1, -0.05) is 25.5 Å². The summed E-state index contributed by atoms with van der Waals surface area (Å²) in [7, 11) is -3.44. The molecule has 2 heterocycles. The van der Waals surface area contributed by atoms with Crippen LogP contribution in [-0.4, -0.2) is 47.6 Å². The van der Waals surface area contributed by atoms with E-state index in [9.17, 15) is 8.42 Å². The molecule has 2 aromatic rings. The number of hydrogen-bond donors (Lipinski definition) is 1. The second-order valence-corrected chi connectivity index (χ2v) is 10.9. The second-order valence-electron chi connectivity index (χ2n) is 9.01. The first-order chi connectivity index (χ1) is 14.7. The van der Waals surface area contributed by atoms with Crippen LogP contribution in [0.3, 0.4) is 0 Å². The van der Waals surface area contributed by atoms with Crippen LogP contribution in [-0.2, 0) is 16.3 Å². The van der Waals surface area contributed by atoms with E-state index in [2.05, 4.69) is 48.0 Å². The quantitative estimate of drug-likeness (QED) is 0.566. The molecule has 3 rings (SSSR count). The van der Waals surface area contributed by atoms with E-state index in [0.717, 1.165) is 31.4 Å². The maximum atomic E-state index is 13.1. The van der Waals surface area contributed by atoms with Gasteiger partial charge < -0.3 is 4.74 Å². The Morgan fingerprint density at radius 1 is 1.23 bits per heavy atom. The van der Waals surface area contributed by atoms with Gasteiger partial charge in [-0.2, -0.15) is 5.10 Å². The van der Waals surface area contributed by atoms with Gasteiger partial charge in [0.1, 0.15) is 16.5 Å². The molecular weight excluding hydrogens is 410 g/mol. The van der Waals surface area contributed by atoms with E-state index < -0.39 is 9.84 Å². The molecule has 1 fully saturated rings. The van der Waals surface area contributed by atoms with Gasteiger partial charge in [0.2, 0.25) is 0 Å². The van der Waals surface area contributed by atoms with Gasteiger partial charge in [0, 0.05) is 12.1 Å². The van der Waals surface area contributed by atoms with Crippen LogP contribution in [0.1, 0.15) is 69.8 Å². The number of nitrogens with zero attached hydrogens (tertiary/aromatic N) is 2. The maximum Gasteiger partial charge on any atom is 0.195 e. The Hall–Kier alpha value is -1.86. The molecule has 0 aliphatic carbocycles. The van der Waals surface area contributed by atoms with E-state index in [1.807, 2.05) is 12.1 Å². The minimum atomic E-state index is -3.44. The Bertz CT molecular complexity index is 933. The average molecular weight is 448 g/mol. The van der Waals surface area contributed by atoms with E-state index in [1.165, 1.54) is 18.4 Å². The van der Waals surface area contributed by atoms with Crippen molar-refractivity contribution in [1.29, 1.82) is 0 Å². The molecule has 1 N–H and O–H groups in total. The molecule has 0 spiro atoms.